The number of piperazine rings is 2. The summed E-state index contributed by atoms with van der Waals surface area (Å²) in [5.41, 5.74) is 1.52. The first kappa shape index (κ1) is 37.2. The third-order valence-electron chi connectivity index (χ3n) is 6.06. The molecule has 200 valence electrons. The minimum Gasteiger partial charge on any atom is -1.00 e. The van der Waals surface area contributed by atoms with Crippen LogP contribution in [0.25, 0.3) is 0 Å². The number of carbonyl (C=O) groups is 3. The average molecular weight is 556 g/mol. The first-order valence-corrected chi connectivity index (χ1v) is 12.2. The van der Waals surface area contributed by atoms with Crippen molar-refractivity contribution in [2.75, 3.05) is 45.8 Å². The Bertz CT molecular complexity index is 1030. The van der Waals surface area contributed by atoms with Gasteiger partial charge in [0.05, 0.1) is 12.6 Å². The molecule has 0 aromatic heterocycles. The zero-order chi connectivity index (χ0) is 27.0. The minimum absolute atomic E-state index is 0. The molecule has 1 N–H and O–H groups in total. The van der Waals surface area contributed by atoms with Crippen LogP contribution in [0, 0.1) is 11.3 Å². The molecule has 2 atom stereocenters. The van der Waals surface area contributed by atoms with Crippen LogP contribution in [0.15, 0.2) is 60.7 Å². The number of benzene rings is 2. The van der Waals surface area contributed by atoms with E-state index in [9.17, 15) is 9.59 Å². The molecule has 2 aromatic rings. The summed E-state index contributed by atoms with van der Waals surface area (Å²) in [6.07, 6.45) is 0. The fourth-order valence-electron chi connectivity index (χ4n) is 4.15. The van der Waals surface area contributed by atoms with Crippen molar-refractivity contribution in [2.45, 2.75) is 25.9 Å². The van der Waals surface area contributed by atoms with Crippen LogP contribution in [0.3, 0.4) is 0 Å². The van der Waals surface area contributed by atoms with E-state index in [0.717, 1.165) is 37.3 Å². The topological polar surface area (TPSA) is 129 Å². The molecule has 39 heavy (non-hydrogen) atoms. The SMILES string of the molecule is C[C@@H]1CN(C(=O)c2ccccc2)CCN1.C[C@@H]1CN(C(=O)c2ccccc2)CCN1CC#N.O=CO[O-].[H-].[Na+].[Na+]. The summed E-state index contributed by atoms with van der Waals surface area (Å²) in [7, 11) is 0. The molecule has 2 fully saturated rings. The van der Waals surface area contributed by atoms with E-state index in [0.29, 0.717) is 25.7 Å². The van der Waals surface area contributed by atoms with Crippen molar-refractivity contribution in [3.8, 4) is 6.07 Å². The molecule has 0 unspecified atom stereocenters. The predicted molar refractivity (Wildman–Crippen MR) is 137 cm³/mol. The van der Waals surface area contributed by atoms with Gasteiger partial charge in [0.1, 0.15) is 0 Å². The standard InChI is InChI=1S/C14H17N3O.C12H16N2O.CH2O3.2Na.H/c1-12-11-17(10-9-16(12)8-7-15)14(18)13-5-3-2-4-6-13;1-10-9-14(8-7-13-10)12(15)11-5-3-2-4-6-11;2-1-4-3;;;/h2-6,12H,8-11H2,1H3;2-6,10,13H,7-9H2,1H3;1,3H;;;/q;;;2*+1;-1/p-1/t12-;10-;;;;/m11..../s1. The molecule has 0 radical (unpaired) electrons. The van der Waals surface area contributed by atoms with E-state index in [-0.39, 0.29) is 84.9 Å². The summed E-state index contributed by atoms with van der Waals surface area (Å²) in [4.78, 5) is 41.4. The Morgan fingerprint density at radius 3 is 1.87 bits per heavy atom. The fourth-order valence-corrected chi connectivity index (χ4v) is 4.15. The zero-order valence-corrected chi connectivity index (χ0v) is 27.3. The Morgan fingerprint density at radius 1 is 0.974 bits per heavy atom. The van der Waals surface area contributed by atoms with Crippen molar-refractivity contribution >= 4 is 18.3 Å². The van der Waals surface area contributed by atoms with Crippen LogP contribution in [0.1, 0.15) is 36.0 Å². The van der Waals surface area contributed by atoms with Crippen LogP contribution in [0.2, 0.25) is 0 Å². The van der Waals surface area contributed by atoms with Crippen molar-refractivity contribution in [2.24, 2.45) is 0 Å². The number of hydrogen-bond donors (Lipinski definition) is 1. The maximum atomic E-state index is 12.3. The molecule has 2 saturated heterocycles. The van der Waals surface area contributed by atoms with Gasteiger partial charge in [-0.05, 0) is 38.1 Å². The summed E-state index contributed by atoms with van der Waals surface area (Å²) >= 11 is 0. The first-order chi connectivity index (χ1) is 17.9. The van der Waals surface area contributed by atoms with E-state index in [4.69, 9.17) is 15.3 Å². The molecule has 2 amide bonds. The van der Waals surface area contributed by atoms with Gasteiger partial charge in [0.2, 0.25) is 0 Å². The smallest absolute Gasteiger partial charge is 1.00 e. The number of carbonyl (C=O) groups excluding carboxylic acids is 3. The van der Waals surface area contributed by atoms with Crippen molar-refractivity contribution in [1.82, 2.24) is 20.0 Å². The van der Waals surface area contributed by atoms with Gasteiger partial charge in [-0.1, -0.05) is 36.4 Å². The largest absolute Gasteiger partial charge is 1.00 e. The summed E-state index contributed by atoms with van der Waals surface area (Å²) in [5.74, 6) is 0.225. The Balaban J connectivity index is 0. The van der Waals surface area contributed by atoms with Crippen molar-refractivity contribution in [3.63, 3.8) is 0 Å². The molecule has 0 aliphatic carbocycles. The molecule has 2 aliphatic rings. The molecule has 0 saturated carbocycles. The van der Waals surface area contributed by atoms with Gasteiger partial charge in [-0.3, -0.25) is 19.3 Å². The normalized spacial score (nSPS) is 18.2. The molecular formula is C27H35N5Na2O5. The number of rotatable bonds is 4. The Hall–Kier alpha value is -1.78. The second-order valence-electron chi connectivity index (χ2n) is 8.76. The second-order valence-corrected chi connectivity index (χ2v) is 8.76. The molecule has 2 heterocycles. The quantitative estimate of drug-likeness (QED) is 0.131. The molecule has 4 rings (SSSR count). The van der Waals surface area contributed by atoms with Crippen LogP contribution in [-0.4, -0.2) is 90.9 Å². The molecule has 10 nitrogen and oxygen atoms in total. The predicted octanol–water partition coefficient (Wildman–Crippen LogP) is -4.97. The molecule has 0 bridgehead atoms. The summed E-state index contributed by atoms with van der Waals surface area (Å²) in [6.45, 7) is 9.06. The van der Waals surface area contributed by atoms with E-state index in [1.54, 1.807) is 0 Å². The maximum Gasteiger partial charge on any atom is 1.00 e. The molecule has 0 spiro atoms. The van der Waals surface area contributed by atoms with Crippen molar-refractivity contribution in [1.29, 1.82) is 5.26 Å². The number of nitriles is 1. The van der Waals surface area contributed by atoms with E-state index in [1.165, 1.54) is 0 Å². The summed E-state index contributed by atoms with van der Waals surface area (Å²) in [5, 5.41) is 20.5. The fraction of sp³-hybridized carbons (Fsp3) is 0.407. The Morgan fingerprint density at radius 2 is 1.46 bits per heavy atom. The van der Waals surface area contributed by atoms with Crippen LogP contribution in [-0.2, 0) is 9.68 Å². The van der Waals surface area contributed by atoms with E-state index < -0.39 is 0 Å². The molecule has 2 aliphatic heterocycles. The molecule has 2 aromatic carbocycles. The summed E-state index contributed by atoms with van der Waals surface area (Å²) < 4.78 is 0. The molecule has 12 heteroatoms. The van der Waals surface area contributed by atoms with Gasteiger partial charge in [-0.15, -0.1) is 0 Å². The number of nitrogens with zero attached hydrogens (tertiary/aromatic N) is 4. The van der Waals surface area contributed by atoms with Crippen LogP contribution >= 0.6 is 0 Å². The van der Waals surface area contributed by atoms with Crippen LogP contribution in [0.5, 0.6) is 0 Å². The van der Waals surface area contributed by atoms with Gasteiger partial charge in [0.25, 0.3) is 18.3 Å². The van der Waals surface area contributed by atoms with E-state index in [1.807, 2.05) is 70.5 Å². The third-order valence-corrected chi connectivity index (χ3v) is 6.06. The van der Waals surface area contributed by atoms with Gasteiger partial charge < -0.3 is 26.7 Å². The van der Waals surface area contributed by atoms with Crippen LogP contribution < -0.4 is 69.7 Å². The second kappa shape index (κ2) is 21.0. The van der Waals surface area contributed by atoms with Gasteiger partial charge in [-0.25, -0.2) is 0 Å². The number of hydrogen-bond acceptors (Lipinski definition) is 8. The molecular weight excluding hydrogens is 520 g/mol. The average Bonchev–Trinajstić information content (AvgIpc) is 2.95. The van der Waals surface area contributed by atoms with Gasteiger partial charge in [0.15, 0.2) is 0 Å². The van der Waals surface area contributed by atoms with Gasteiger partial charge >= 0.3 is 59.1 Å². The van der Waals surface area contributed by atoms with Gasteiger partial charge in [0, 0.05) is 62.5 Å². The zero-order valence-electron chi connectivity index (χ0n) is 24.3. The van der Waals surface area contributed by atoms with Crippen molar-refractivity contribution in [3.05, 3.63) is 71.8 Å². The first-order valence-electron chi connectivity index (χ1n) is 12.2. The summed E-state index contributed by atoms with van der Waals surface area (Å²) in [6, 6.07) is 21.6. The minimum atomic E-state index is -0.181. The van der Waals surface area contributed by atoms with E-state index >= 15 is 0 Å². The van der Waals surface area contributed by atoms with Crippen molar-refractivity contribution < 1.29 is 85.1 Å². The monoisotopic (exact) mass is 555 g/mol. The Labute approximate surface area is 276 Å². The number of nitrogens with one attached hydrogen (secondary N) is 1. The van der Waals surface area contributed by atoms with Gasteiger partial charge in [-0.2, -0.15) is 5.26 Å². The van der Waals surface area contributed by atoms with Crippen LogP contribution in [0.4, 0.5) is 0 Å². The van der Waals surface area contributed by atoms with E-state index in [2.05, 4.69) is 35.0 Å². The third kappa shape index (κ3) is 13.0. The number of amides is 2. The Kier molecular flexibility index (Phi) is 20.1. The maximum absolute atomic E-state index is 12.3.